The topological polar surface area (TPSA) is 87.5 Å². The fourth-order valence-corrected chi connectivity index (χ4v) is 3.01. The monoisotopic (exact) mass is 254 g/mol. The van der Waals surface area contributed by atoms with E-state index in [4.69, 9.17) is 5.84 Å². The number of nitrogens with one attached hydrogen (secondary N) is 2. The molecule has 2 saturated heterocycles. The van der Waals surface area contributed by atoms with E-state index in [9.17, 15) is 9.59 Å². The van der Waals surface area contributed by atoms with Crippen molar-refractivity contribution >= 4 is 11.8 Å². The number of nitrogens with two attached hydrogens (primary N) is 1. The first-order valence-corrected chi connectivity index (χ1v) is 6.48. The van der Waals surface area contributed by atoms with Gasteiger partial charge in [-0.05, 0) is 33.2 Å². The number of rotatable bonds is 3. The zero-order chi connectivity index (χ0) is 13.3. The van der Waals surface area contributed by atoms with Gasteiger partial charge in [0.15, 0.2) is 0 Å². The van der Waals surface area contributed by atoms with E-state index in [1.807, 2.05) is 13.8 Å². The van der Waals surface area contributed by atoms with Crippen LogP contribution in [0.4, 0.5) is 0 Å². The molecule has 18 heavy (non-hydrogen) atoms. The molecule has 0 aliphatic carbocycles. The summed E-state index contributed by atoms with van der Waals surface area (Å²) in [5.41, 5.74) is 1.68. The molecule has 102 valence electrons. The summed E-state index contributed by atoms with van der Waals surface area (Å²) in [4.78, 5) is 25.6. The predicted octanol–water partition coefficient (Wildman–Crippen LogP) is -0.787. The van der Waals surface area contributed by atoms with Gasteiger partial charge >= 0.3 is 0 Å². The van der Waals surface area contributed by atoms with Crippen LogP contribution in [0, 0.1) is 11.3 Å². The summed E-state index contributed by atoms with van der Waals surface area (Å²) < 4.78 is 0. The fourth-order valence-electron chi connectivity index (χ4n) is 3.01. The second-order valence-corrected chi connectivity index (χ2v) is 5.89. The largest absolute Gasteiger partial charge is 0.354 e. The Balaban J connectivity index is 2.05. The van der Waals surface area contributed by atoms with E-state index in [2.05, 4.69) is 15.6 Å². The van der Waals surface area contributed by atoms with Gasteiger partial charge in [0, 0.05) is 19.1 Å². The smallest absolute Gasteiger partial charge is 0.240 e. The van der Waals surface area contributed by atoms with Gasteiger partial charge in [0.05, 0.1) is 11.3 Å². The summed E-state index contributed by atoms with van der Waals surface area (Å²) in [6, 6.07) is 0.232. The molecule has 2 heterocycles. The molecule has 2 atom stereocenters. The van der Waals surface area contributed by atoms with Gasteiger partial charge in [0.1, 0.15) is 0 Å². The van der Waals surface area contributed by atoms with E-state index in [0.29, 0.717) is 13.1 Å². The number of hydrogen-bond acceptors (Lipinski definition) is 4. The van der Waals surface area contributed by atoms with Crippen molar-refractivity contribution in [1.82, 2.24) is 15.6 Å². The fraction of sp³-hybridized carbons (Fsp3) is 0.833. The quantitative estimate of drug-likeness (QED) is 0.350. The molecular weight excluding hydrogens is 232 g/mol. The van der Waals surface area contributed by atoms with Gasteiger partial charge in [-0.25, -0.2) is 5.84 Å². The van der Waals surface area contributed by atoms with Crippen LogP contribution in [-0.2, 0) is 9.59 Å². The Labute approximate surface area is 107 Å². The third-order valence-corrected chi connectivity index (χ3v) is 4.06. The van der Waals surface area contributed by atoms with Crippen molar-refractivity contribution in [2.75, 3.05) is 19.6 Å². The van der Waals surface area contributed by atoms with Crippen LogP contribution in [0.1, 0.15) is 26.7 Å². The second kappa shape index (κ2) is 4.85. The van der Waals surface area contributed by atoms with Crippen LogP contribution in [0.25, 0.3) is 0 Å². The molecular formula is C12H22N4O2. The van der Waals surface area contributed by atoms with Crippen LogP contribution < -0.4 is 16.6 Å². The summed E-state index contributed by atoms with van der Waals surface area (Å²) in [6.45, 7) is 6.03. The third-order valence-electron chi connectivity index (χ3n) is 4.06. The number of likely N-dealkylation sites (tertiary alicyclic amines) is 1. The molecule has 4 N–H and O–H groups in total. The molecule has 0 bridgehead atoms. The summed E-state index contributed by atoms with van der Waals surface area (Å²) >= 11 is 0. The van der Waals surface area contributed by atoms with Crippen molar-refractivity contribution in [1.29, 1.82) is 0 Å². The Morgan fingerprint density at radius 2 is 2.33 bits per heavy atom. The van der Waals surface area contributed by atoms with E-state index in [0.717, 1.165) is 19.4 Å². The first-order chi connectivity index (χ1) is 8.45. The van der Waals surface area contributed by atoms with Crippen LogP contribution in [0.3, 0.4) is 0 Å². The molecule has 0 saturated carbocycles. The average molecular weight is 254 g/mol. The molecule has 6 heteroatoms. The highest BCUT2D eigenvalue weighted by Gasteiger charge is 2.43. The number of carbonyl (C=O) groups is 2. The lowest BCUT2D eigenvalue weighted by Crippen LogP contribution is -2.53. The first kappa shape index (κ1) is 13.3. The Morgan fingerprint density at radius 3 is 3.00 bits per heavy atom. The zero-order valence-corrected chi connectivity index (χ0v) is 11.0. The average Bonchev–Trinajstić information content (AvgIpc) is 2.71. The molecule has 2 amide bonds. The Hall–Kier alpha value is -1.14. The minimum Gasteiger partial charge on any atom is -0.354 e. The van der Waals surface area contributed by atoms with Crippen LogP contribution in [0.5, 0.6) is 0 Å². The van der Waals surface area contributed by atoms with Gasteiger partial charge in [-0.2, -0.15) is 0 Å². The Kier molecular flexibility index (Phi) is 3.59. The van der Waals surface area contributed by atoms with E-state index in [1.165, 1.54) is 0 Å². The highest BCUT2D eigenvalue weighted by atomic mass is 16.2. The summed E-state index contributed by atoms with van der Waals surface area (Å²) in [6.07, 6.45) is 1.96. The first-order valence-electron chi connectivity index (χ1n) is 6.48. The molecule has 0 aromatic heterocycles. The molecule has 2 fully saturated rings. The highest BCUT2D eigenvalue weighted by molar-refractivity contribution is 5.82. The summed E-state index contributed by atoms with van der Waals surface area (Å²) in [7, 11) is 0. The molecule has 0 spiro atoms. The summed E-state index contributed by atoms with van der Waals surface area (Å²) in [5.74, 6) is 5.29. The lowest BCUT2D eigenvalue weighted by atomic mass is 9.86. The van der Waals surface area contributed by atoms with Crippen molar-refractivity contribution in [3.8, 4) is 0 Å². The van der Waals surface area contributed by atoms with Crippen LogP contribution in [0.15, 0.2) is 0 Å². The van der Waals surface area contributed by atoms with Crippen molar-refractivity contribution in [3.63, 3.8) is 0 Å². The Bertz CT molecular complexity index is 356. The highest BCUT2D eigenvalue weighted by Crippen LogP contribution is 2.30. The van der Waals surface area contributed by atoms with E-state index >= 15 is 0 Å². The number of hydrazine groups is 1. The number of nitrogens with zero attached hydrogens (tertiary/aromatic N) is 1. The number of carbonyl (C=O) groups excluding carboxylic acids is 2. The van der Waals surface area contributed by atoms with Gasteiger partial charge < -0.3 is 5.32 Å². The minimum atomic E-state index is -0.539. The standard InChI is InChI=1S/C12H22N4O2/c1-12(2,11(18)15-13)7-16-5-3-4-8-9(16)6-14-10(8)17/h8-9H,3-7,13H2,1-2H3,(H,14,17)(H,15,18). The Morgan fingerprint density at radius 1 is 1.61 bits per heavy atom. The molecule has 0 aromatic rings. The maximum Gasteiger partial charge on any atom is 0.240 e. The van der Waals surface area contributed by atoms with Crippen LogP contribution >= 0.6 is 0 Å². The lowest BCUT2D eigenvalue weighted by Gasteiger charge is -2.39. The van der Waals surface area contributed by atoms with Crippen molar-refractivity contribution in [3.05, 3.63) is 0 Å². The normalized spacial score (nSPS) is 28.7. The molecule has 2 aliphatic heterocycles. The van der Waals surface area contributed by atoms with E-state index in [-0.39, 0.29) is 23.8 Å². The van der Waals surface area contributed by atoms with Gasteiger partial charge in [-0.15, -0.1) is 0 Å². The van der Waals surface area contributed by atoms with Crippen molar-refractivity contribution in [2.24, 2.45) is 17.2 Å². The number of piperidine rings is 1. The molecule has 2 aliphatic rings. The van der Waals surface area contributed by atoms with Gasteiger partial charge in [0.25, 0.3) is 0 Å². The van der Waals surface area contributed by atoms with Crippen LogP contribution in [-0.4, -0.2) is 42.4 Å². The molecule has 0 radical (unpaired) electrons. The predicted molar refractivity (Wildman–Crippen MR) is 67.2 cm³/mol. The summed E-state index contributed by atoms with van der Waals surface area (Å²) in [5, 5.41) is 2.91. The lowest BCUT2D eigenvalue weighted by molar-refractivity contribution is -0.131. The molecule has 0 aromatic carbocycles. The minimum absolute atomic E-state index is 0.0930. The van der Waals surface area contributed by atoms with Gasteiger partial charge in [-0.1, -0.05) is 0 Å². The van der Waals surface area contributed by atoms with E-state index in [1.54, 1.807) is 0 Å². The molecule has 6 nitrogen and oxygen atoms in total. The van der Waals surface area contributed by atoms with Gasteiger partial charge in [-0.3, -0.25) is 19.9 Å². The number of amides is 2. The van der Waals surface area contributed by atoms with E-state index < -0.39 is 5.41 Å². The molecule has 2 rings (SSSR count). The zero-order valence-electron chi connectivity index (χ0n) is 11.0. The number of hydrogen-bond donors (Lipinski definition) is 3. The maximum absolute atomic E-state index is 11.7. The molecule has 2 unspecified atom stereocenters. The number of fused-ring (bicyclic) bond motifs is 1. The van der Waals surface area contributed by atoms with Crippen LogP contribution in [0.2, 0.25) is 0 Å². The third kappa shape index (κ3) is 2.35. The van der Waals surface area contributed by atoms with Crippen molar-refractivity contribution < 1.29 is 9.59 Å². The van der Waals surface area contributed by atoms with Crippen molar-refractivity contribution in [2.45, 2.75) is 32.7 Å². The SMILES string of the molecule is CC(C)(CN1CCCC2C(=O)NCC21)C(=O)NN. The maximum atomic E-state index is 11.7. The second-order valence-electron chi connectivity index (χ2n) is 5.89. The van der Waals surface area contributed by atoms with Gasteiger partial charge in [0.2, 0.25) is 11.8 Å².